The second-order valence-corrected chi connectivity index (χ2v) is 8.97. The molecular weight excluding hydrogens is 416 g/mol. The normalized spacial score (nSPS) is 13.8. The highest BCUT2D eigenvalue weighted by molar-refractivity contribution is 7.98. The van der Waals surface area contributed by atoms with E-state index in [1.165, 1.54) is 11.3 Å². The van der Waals surface area contributed by atoms with Gasteiger partial charge in [-0.05, 0) is 29.2 Å². The molecule has 0 aliphatic carbocycles. The van der Waals surface area contributed by atoms with Gasteiger partial charge in [0.1, 0.15) is 13.2 Å². The highest BCUT2D eigenvalue weighted by atomic mass is 32.2. The van der Waals surface area contributed by atoms with Gasteiger partial charge in [-0.3, -0.25) is 4.79 Å². The first-order valence-corrected chi connectivity index (χ1v) is 11.9. The lowest BCUT2D eigenvalue weighted by Crippen LogP contribution is -2.18. The molecule has 5 rings (SSSR count). The largest absolute Gasteiger partial charge is 0.486 e. The highest BCUT2D eigenvalue weighted by Gasteiger charge is 2.17. The Balaban J connectivity index is 1.61. The van der Waals surface area contributed by atoms with Gasteiger partial charge < -0.3 is 14.0 Å². The molecule has 1 aliphatic rings. The van der Waals surface area contributed by atoms with E-state index in [0.717, 1.165) is 44.8 Å². The van der Waals surface area contributed by atoms with Crippen molar-refractivity contribution in [2.24, 2.45) is 4.99 Å². The number of carbonyl (C=O) groups excluding carboxylic acids is 1. The molecule has 0 bridgehead atoms. The van der Waals surface area contributed by atoms with Gasteiger partial charge in [-0.1, -0.05) is 41.7 Å². The summed E-state index contributed by atoms with van der Waals surface area (Å²) < 4.78 is 14.6. The molecule has 0 spiro atoms. The number of aryl methyl sites for hydroxylation is 1. The van der Waals surface area contributed by atoms with Gasteiger partial charge in [-0.15, -0.1) is 0 Å². The molecule has 1 aromatic heterocycles. The quantitative estimate of drug-likeness (QED) is 0.464. The zero-order chi connectivity index (χ0) is 20.5. The summed E-state index contributed by atoms with van der Waals surface area (Å²) >= 11 is 3.27. The molecule has 7 heteroatoms. The predicted molar refractivity (Wildman–Crippen MR) is 123 cm³/mol. The molecule has 30 heavy (non-hydrogen) atoms. The number of thiazole rings is 1. The molecule has 0 atom stereocenters. The van der Waals surface area contributed by atoms with Crippen molar-refractivity contribution in [1.82, 2.24) is 4.57 Å². The monoisotopic (exact) mass is 436 g/mol. The minimum absolute atomic E-state index is 0.234. The average molecular weight is 437 g/mol. The molecule has 1 aliphatic heterocycles. The van der Waals surface area contributed by atoms with Crippen molar-refractivity contribution in [2.45, 2.75) is 6.54 Å². The first-order chi connectivity index (χ1) is 14.7. The molecular formula is C23H20N2O3S2. The Hall–Kier alpha value is -2.77. The summed E-state index contributed by atoms with van der Waals surface area (Å²) in [5.74, 6) is 2.19. The molecule has 0 fully saturated rings. The number of benzene rings is 3. The number of hydrogen-bond donors (Lipinski definition) is 0. The van der Waals surface area contributed by atoms with Crippen LogP contribution in [-0.2, 0) is 6.54 Å². The lowest BCUT2D eigenvalue weighted by Gasteiger charge is -2.18. The van der Waals surface area contributed by atoms with E-state index >= 15 is 0 Å². The van der Waals surface area contributed by atoms with Crippen molar-refractivity contribution in [1.29, 1.82) is 0 Å². The van der Waals surface area contributed by atoms with Gasteiger partial charge in [0.25, 0.3) is 5.91 Å². The molecule has 3 aromatic carbocycles. The molecule has 0 radical (unpaired) electrons. The lowest BCUT2D eigenvalue weighted by atomic mass is 10.1. The van der Waals surface area contributed by atoms with Crippen LogP contribution < -0.4 is 14.3 Å². The SMILES string of the molecule is CSCCn1c(=NC(=O)c2ccc3ccccc3c2)sc2cc3c(cc21)OCCO3. The standard InChI is InChI=1S/C23H20N2O3S2/c1-29-11-8-25-18-13-19-20(28-10-9-27-19)14-21(18)30-23(25)24-22(26)17-7-6-15-4-2-3-5-16(15)12-17/h2-7,12-14H,8-11H2,1H3. The number of rotatable bonds is 4. The Bertz CT molecular complexity index is 1320. The summed E-state index contributed by atoms with van der Waals surface area (Å²) in [7, 11) is 0. The van der Waals surface area contributed by atoms with Gasteiger partial charge in [0.05, 0.1) is 10.2 Å². The van der Waals surface area contributed by atoms with Crippen molar-refractivity contribution in [3.63, 3.8) is 0 Å². The molecule has 5 nitrogen and oxygen atoms in total. The van der Waals surface area contributed by atoms with Crippen molar-refractivity contribution in [3.8, 4) is 11.5 Å². The lowest BCUT2D eigenvalue weighted by molar-refractivity contribution is 0.0998. The van der Waals surface area contributed by atoms with Crippen LogP contribution in [0.15, 0.2) is 59.6 Å². The fourth-order valence-electron chi connectivity index (χ4n) is 3.56. The minimum atomic E-state index is -0.234. The van der Waals surface area contributed by atoms with Gasteiger partial charge in [0, 0.05) is 30.0 Å². The summed E-state index contributed by atoms with van der Waals surface area (Å²) in [6, 6.07) is 17.7. The van der Waals surface area contributed by atoms with E-state index in [1.807, 2.05) is 54.6 Å². The van der Waals surface area contributed by atoms with Gasteiger partial charge in [-0.25, -0.2) is 0 Å². The molecule has 1 amide bonds. The molecule has 152 valence electrons. The van der Waals surface area contributed by atoms with Crippen LogP contribution >= 0.6 is 23.1 Å². The molecule has 0 saturated heterocycles. The Morgan fingerprint density at radius 3 is 2.63 bits per heavy atom. The zero-order valence-electron chi connectivity index (χ0n) is 16.5. The smallest absolute Gasteiger partial charge is 0.279 e. The third kappa shape index (κ3) is 3.59. The number of nitrogens with zero attached hydrogens (tertiary/aromatic N) is 2. The van der Waals surface area contributed by atoms with Crippen molar-refractivity contribution in [2.75, 3.05) is 25.2 Å². The first kappa shape index (κ1) is 19.2. The Morgan fingerprint density at radius 2 is 1.83 bits per heavy atom. The molecule has 4 aromatic rings. The van der Waals surface area contributed by atoms with E-state index in [9.17, 15) is 4.79 Å². The van der Waals surface area contributed by atoms with E-state index < -0.39 is 0 Å². The van der Waals surface area contributed by atoms with Gasteiger partial charge >= 0.3 is 0 Å². The summed E-state index contributed by atoms with van der Waals surface area (Å²) in [5.41, 5.74) is 1.61. The number of hydrogen-bond acceptors (Lipinski definition) is 5. The van der Waals surface area contributed by atoms with Crippen LogP contribution in [0.3, 0.4) is 0 Å². The summed E-state index contributed by atoms with van der Waals surface area (Å²) in [6.07, 6.45) is 2.07. The molecule has 0 saturated carbocycles. The third-order valence-corrected chi connectivity index (χ3v) is 6.69. The Labute approximate surface area is 182 Å². The topological polar surface area (TPSA) is 52.8 Å². The second kappa shape index (κ2) is 8.16. The van der Waals surface area contributed by atoms with E-state index in [1.54, 1.807) is 11.8 Å². The van der Waals surface area contributed by atoms with Crippen LogP contribution in [0.4, 0.5) is 0 Å². The van der Waals surface area contributed by atoms with E-state index in [4.69, 9.17) is 9.47 Å². The van der Waals surface area contributed by atoms with E-state index in [2.05, 4.69) is 15.8 Å². The van der Waals surface area contributed by atoms with Crippen LogP contribution in [0.1, 0.15) is 10.4 Å². The minimum Gasteiger partial charge on any atom is -0.486 e. The maximum atomic E-state index is 13.0. The number of thioether (sulfide) groups is 1. The first-order valence-electron chi connectivity index (χ1n) is 9.73. The number of amides is 1. The number of aromatic nitrogens is 1. The summed E-state index contributed by atoms with van der Waals surface area (Å²) in [6.45, 7) is 1.86. The molecule has 0 N–H and O–H groups in total. The van der Waals surface area contributed by atoms with E-state index in [0.29, 0.717) is 23.6 Å². The number of carbonyl (C=O) groups is 1. The van der Waals surface area contributed by atoms with Crippen LogP contribution in [0.5, 0.6) is 11.5 Å². The van der Waals surface area contributed by atoms with E-state index in [-0.39, 0.29) is 5.91 Å². The highest BCUT2D eigenvalue weighted by Crippen LogP contribution is 2.35. The molecule has 0 unspecified atom stereocenters. The second-order valence-electron chi connectivity index (χ2n) is 6.97. The zero-order valence-corrected chi connectivity index (χ0v) is 18.1. The van der Waals surface area contributed by atoms with Crippen molar-refractivity contribution < 1.29 is 14.3 Å². The van der Waals surface area contributed by atoms with Gasteiger partial charge in [0.2, 0.25) is 0 Å². The van der Waals surface area contributed by atoms with Crippen LogP contribution in [0.2, 0.25) is 0 Å². The van der Waals surface area contributed by atoms with Crippen LogP contribution in [-0.4, -0.2) is 35.7 Å². The maximum absolute atomic E-state index is 13.0. The molecule has 2 heterocycles. The van der Waals surface area contributed by atoms with Crippen LogP contribution in [0.25, 0.3) is 21.0 Å². The van der Waals surface area contributed by atoms with Crippen molar-refractivity contribution >= 4 is 50.0 Å². The predicted octanol–water partition coefficient (Wildman–Crippen LogP) is 4.73. The number of fused-ring (bicyclic) bond motifs is 3. The van der Waals surface area contributed by atoms with Gasteiger partial charge in [-0.2, -0.15) is 16.8 Å². The Kier molecular flexibility index (Phi) is 5.23. The Morgan fingerprint density at radius 1 is 1.07 bits per heavy atom. The van der Waals surface area contributed by atoms with Crippen molar-refractivity contribution in [3.05, 3.63) is 65.0 Å². The fraction of sp³-hybridized carbons (Fsp3) is 0.217. The average Bonchev–Trinajstić information content (AvgIpc) is 3.11. The third-order valence-electron chi connectivity index (χ3n) is 5.06. The maximum Gasteiger partial charge on any atom is 0.279 e. The van der Waals surface area contributed by atoms with Crippen LogP contribution in [0, 0.1) is 0 Å². The number of ether oxygens (including phenoxy) is 2. The summed E-state index contributed by atoms with van der Waals surface area (Å²) in [5, 5.41) is 2.14. The van der Waals surface area contributed by atoms with Gasteiger partial charge in [0.15, 0.2) is 16.3 Å². The fourth-order valence-corrected chi connectivity index (χ4v) is 4.99. The summed E-state index contributed by atoms with van der Waals surface area (Å²) in [4.78, 5) is 18.2.